The Hall–Kier alpha value is -2.75. The first-order chi connectivity index (χ1) is 11.3. The molecule has 4 nitrogen and oxygen atoms in total. The average Bonchev–Trinajstić information content (AvgIpc) is 2.81. The molecule has 0 aliphatic heterocycles. The topological polar surface area (TPSA) is 47.3 Å². The molecular weight excluding hydrogens is 288 g/mol. The summed E-state index contributed by atoms with van der Waals surface area (Å²) in [4.78, 5) is 4.71. The molecule has 116 valence electrons. The maximum absolute atomic E-state index is 10.8. The van der Waals surface area contributed by atoms with E-state index in [1.165, 1.54) is 10.3 Å². The number of imidazole rings is 1. The minimum Gasteiger partial charge on any atom is -0.497 e. The van der Waals surface area contributed by atoms with Gasteiger partial charge in [0.25, 0.3) is 0 Å². The summed E-state index contributed by atoms with van der Waals surface area (Å²) in [6.45, 7) is 0. The molecule has 4 heteroatoms. The Kier molecular flexibility index (Phi) is 3.30. The van der Waals surface area contributed by atoms with E-state index < -0.39 is 0 Å². The van der Waals surface area contributed by atoms with Crippen molar-refractivity contribution in [2.75, 3.05) is 7.11 Å². The van der Waals surface area contributed by atoms with Gasteiger partial charge in [0.05, 0.1) is 12.8 Å². The Balaban J connectivity index is 1.94. The first-order valence-electron chi connectivity index (χ1n) is 7.81. The number of methoxy groups -OCH3 is 1. The molecule has 0 unspecified atom stereocenters. The minimum absolute atomic E-state index is 0.589. The number of aryl methyl sites for hydroxylation is 2. The number of benzene rings is 2. The van der Waals surface area contributed by atoms with Crippen LogP contribution >= 0.6 is 0 Å². The predicted octanol–water partition coefficient (Wildman–Crippen LogP) is 3.95. The van der Waals surface area contributed by atoms with Crippen LogP contribution in [0.3, 0.4) is 0 Å². The van der Waals surface area contributed by atoms with Crippen LogP contribution in [0, 0.1) is 0 Å². The smallest absolute Gasteiger partial charge is 0.176 e. The van der Waals surface area contributed by atoms with Crippen LogP contribution in [-0.2, 0) is 12.8 Å². The molecule has 4 rings (SSSR count). The summed E-state index contributed by atoms with van der Waals surface area (Å²) in [5, 5.41) is 10.8. The lowest BCUT2D eigenvalue weighted by Gasteiger charge is -2.10. The van der Waals surface area contributed by atoms with Crippen molar-refractivity contribution in [1.29, 1.82) is 0 Å². The second-order valence-corrected chi connectivity index (χ2v) is 5.79. The van der Waals surface area contributed by atoms with Crippen LogP contribution < -0.4 is 4.74 Å². The highest BCUT2D eigenvalue weighted by Gasteiger charge is 2.24. The van der Waals surface area contributed by atoms with E-state index in [0.717, 1.165) is 47.5 Å². The number of nitrogens with zero attached hydrogens (tertiary/aromatic N) is 2. The van der Waals surface area contributed by atoms with Gasteiger partial charge in [0.1, 0.15) is 11.4 Å². The van der Waals surface area contributed by atoms with E-state index in [-0.39, 0.29) is 0 Å². The van der Waals surface area contributed by atoms with Gasteiger partial charge in [0, 0.05) is 11.1 Å². The van der Waals surface area contributed by atoms with Gasteiger partial charge in [0.2, 0.25) is 0 Å². The molecule has 23 heavy (non-hydrogen) atoms. The highest BCUT2D eigenvalue weighted by Crippen LogP contribution is 2.36. The fourth-order valence-electron chi connectivity index (χ4n) is 3.24. The zero-order valence-electron chi connectivity index (χ0n) is 13.0. The zero-order valence-corrected chi connectivity index (χ0v) is 13.0. The first-order valence-corrected chi connectivity index (χ1v) is 7.81. The fraction of sp³-hybridized carbons (Fsp3) is 0.211. The molecule has 0 atom stereocenters. The van der Waals surface area contributed by atoms with Crippen molar-refractivity contribution in [3.63, 3.8) is 0 Å². The summed E-state index contributed by atoms with van der Waals surface area (Å²) in [5.41, 5.74) is 4.87. The summed E-state index contributed by atoms with van der Waals surface area (Å²) in [6, 6.07) is 15.8. The maximum atomic E-state index is 10.8. The molecule has 1 N–H and O–H groups in total. The Morgan fingerprint density at radius 3 is 2.70 bits per heavy atom. The van der Waals surface area contributed by atoms with Crippen LogP contribution in [0.4, 0.5) is 0 Å². The summed E-state index contributed by atoms with van der Waals surface area (Å²) >= 11 is 0. The third kappa shape index (κ3) is 2.27. The lowest BCUT2D eigenvalue weighted by atomic mass is 10.0. The van der Waals surface area contributed by atoms with Crippen LogP contribution in [0.25, 0.3) is 22.6 Å². The van der Waals surface area contributed by atoms with Crippen molar-refractivity contribution in [3.05, 3.63) is 59.8 Å². The Bertz CT molecular complexity index is 853. The molecule has 0 radical (unpaired) electrons. The normalized spacial score (nSPS) is 13.1. The number of rotatable bonds is 2. The van der Waals surface area contributed by atoms with Crippen LogP contribution in [-0.4, -0.2) is 22.0 Å². The van der Waals surface area contributed by atoms with Crippen LogP contribution in [0.15, 0.2) is 48.5 Å². The van der Waals surface area contributed by atoms with Crippen molar-refractivity contribution in [3.8, 4) is 28.4 Å². The second kappa shape index (κ2) is 5.47. The van der Waals surface area contributed by atoms with E-state index in [1.807, 2.05) is 42.5 Å². The van der Waals surface area contributed by atoms with E-state index in [0.29, 0.717) is 5.82 Å². The van der Waals surface area contributed by atoms with Gasteiger partial charge in [-0.1, -0.05) is 36.4 Å². The third-order valence-electron chi connectivity index (χ3n) is 4.39. The van der Waals surface area contributed by atoms with Gasteiger partial charge in [0.15, 0.2) is 5.82 Å². The summed E-state index contributed by atoms with van der Waals surface area (Å²) in [5.74, 6) is 1.38. The molecule has 1 aromatic heterocycles. The number of aromatic nitrogens is 2. The molecule has 1 aliphatic rings. The van der Waals surface area contributed by atoms with Gasteiger partial charge in [-0.2, -0.15) is 4.73 Å². The monoisotopic (exact) mass is 306 g/mol. The number of ether oxygens (including phenoxy) is 1. The van der Waals surface area contributed by atoms with Crippen molar-refractivity contribution in [2.45, 2.75) is 19.3 Å². The van der Waals surface area contributed by atoms with E-state index in [4.69, 9.17) is 9.72 Å². The molecule has 3 aromatic rings. The largest absolute Gasteiger partial charge is 0.497 e. The lowest BCUT2D eigenvalue weighted by Crippen LogP contribution is -1.99. The minimum atomic E-state index is 0.589. The quantitative estimate of drug-likeness (QED) is 0.729. The van der Waals surface area contributed by atoms with Crippen LogP contribution in [0.1, 0.15) is 17.7 Å². The summed E-state index contributed by atoms with van der Waals surface area (Å²) < 4.78 is 6.59. The Labute approximate surface area is 135 Å². The molecule has 0 saturated carbocycles. The van der Waals surface area contributed by atoms with Gasteiger partial charge >= 0.3 is 0 Å². The van der Waals surface area contributed by atoms with Gasteiger partial charge in [-0.05, 0) is 37.0 Å². The number of hydrogen-bond acceptors (Lipinski definition) is 3. The van der Waals surface area contributed by atoms with Crippen molar-refractivity contribution >= 4 is 0 Å². The maximum Gasteiger partial charge on any atom is 0.176 e. The SMILES string of the molecule is COc1ccc2c(c1)-c1c(nc(-c3ccccc3)n1O)CCC2. The molecule has 1 heterocycles. The molecule has 0 fully saturated rings. The molecule has 0 amide bonds. The van der Waals surface area contributed by atoms with Crippen LogP contribution in [0.2, 0.25) is 0 Å². The standard InChI is InChI=1S/C19H18N2O2/c1-23-15-11-10-13-8-5-9-17-18(16(13)12-15)21(22)19(20-17)14-6-3-2-4-7-14/h2-4,6-7,10-12,22H,5,8-9H2,1H3. The van der Waals surface area contributed by atoms with Crippen molar-refractivity contribution in [1.82, 2.24) is 9.71 Å². The highest BCUT2D eigenvalue weighted by molar-refractivity contribution is 5.73. The number of hydrogen-bond donors (Lipinski definition) is 1. The molecular formula is C19H18N2O2. The zero-order chi connectivity index (χ0) is 15.8. The lowest BCUT2D eigenvalue weighted by molar-refractivity contribution is 0.195. The number of fused-ring (bicyclic) bond motifs is 3. The Morgan fingerprint density at radius 1 is 1.09 bits per heavy atom. The molecule has 0 bridgehead atoms. The van der Waals surface area contributed by atoms with Crippen molar-refractivity contribution in [2.24, 2.45) is 0 Å². The van der Waals surface area contributed by atoms with E-state index in [1.54, 1.807) is 7.11 Å². The van der Waals surface area contributed by atoms with Crippen molar-refractivity contribution < 1.29 is 9.94 Å². The van der Waals surface area contributed by atoms with E-state index in [2.05, 4.69) is 6.07 Å². The van der Waals surface area contributed by atoms with Gasteiger partial charge in [-0.15, -0.1) is 0 Å². The van der Waals surface area contributed by atoms with E-state index >= 15 is 0 Å². The molecule has 2 aromatic carbocycles. The fourth-order valence-corrected chi connectivity index (χ4v) is 3.24. The molecule has 0 saturated heterocycles. The average molecular weight is 306 g/mol. The van der Waals surface area contributed by atoms with E-state index in [9.17, 15) is 5.21 Å². The predicted molar refractivity (Wildman–Crippen MR) is 88.9 cm³/mol. The first kappa shape index (κ1) is 13.9. The molecule has 0 spiro atoms. The molecule has 1 aliphatic carbocycles. The highest BCUT2D eigenvalue weighted by atomic mass is 16.5. The second-order valence-electron chi connectivity index (χ2n) is 5.79. The van der Waals surface area contributed by atoms with Gasteiger partial charge < -0.3 is 9.94 Å². The summed E-state index contributed by atoms with van der Waals surface area (Å²) in [6.07, 6.45) is 2.87. The van der Waals surface area contributed by atoms with Gasteiger partial charge in [-0.3, -0.25) is 0 Å². The third-order valence-corrected chi connectivity index (χ3v) is 4.39. The summed E-state index contributed by atoms with van der Waals surface area (Å²) in [7, 11) is 1.66. The van der Waals surface area contributed by atoms with Crippen LogP contribution in [0.5, 0.6) is 5.75 Å². The van der Waals surface area contributed by atoms with Gasteiger partial charge in [-0.25, -0.2) is 4.98 Å². The Morgan fingerprint density at radius 2 is 1.91 bits per heavy atom.